The lowest BCUT2D eigenvalue weighted by Gasteiger charge is -2.08. The number of benzene rings is 3. The van der Waals surface area contributed by atoms with Crippen LogP contribution in [0.2, 0.25) is 5.02 Å². The fourth-order valence-electron chi connectivity index (χ4n) is 2.78. The molecule has 0 saturated heterocycles. The molecule has 0 bridgehead atoms. The van der Waals surface area contributed by atoms with E-state index in [9.17, 15) is 4.79 Å². The Labute approximate surface area is 160 Å². The molecule has 4 rings (SSSR count). The largest absolute Gasteiger partial charge is 0.496 e. The summed E-state index contributed by atoms with van der Waals surface area (Å²) in [6.45, 7) is 0. The van der Waals surface area contributed by atoms with Gasteiger partial charge in [0.15, 0.2) is 5.58 Å². The number of amides is 1. The summed E-state index contributed by atoms with van der Waals surface area (Å²) in [5.74, 6) is 0.723. The van der Waals surface area contributed by atoms with Crippen molar-refractivity contribution in [2.75, 3.05) is 12.4 Å². The Bertz CT molecular complexity index is 1140. The Balaban J connectivity index is 1.63. The highest BCUT2D eigenvalue weighted by Crippen LogP contribution is 2.28. The summed E-state index contributed by atoms with van der Waals surface area (Å²) in [6, 6.07) is 19.7. The van der Waals surface area contributed by atoms with Gasteiger partial charge in [-0.3, -0.25) is 4.79 Å². The second kappa shape index (κ2) is 7.13. The van der Waals surface area contributed by atoms with Crippen LogP contribution in [0, 0.1) is 0 Å². The number of fused-ring (bicyclic) bond motifs is 1. The number of nitrogens with zero attached hydrogens (tertiary/aromatic N) is 1. The van der Waals surface area contributed by atoms with E-state index in [1.807, 2.05) is 18.2 Å². The third kappa shape index (κ3) is 3.50. The lowest BCUT2D eigenvalue weighted by atomic mass is 10.2. The fraction of sp³-hybridized carbons (Fsp3) is 0.0476. The molecule has 0 aliphatic carbocycles. The minimum atomic E-state index is -0.263. The highest BCUT2D eigenvalue weighted by Gasteiger charge is 2.13. The van der Waals surface area contributed by atoms with Gasteiger partial charge >= 0.3 is 0 Å². The number of carbonyl (C=O) groups excluding carboxylic acids is 1. The topological polar surface area (TPSA) is 64.4 Å². The van der Waals surface area contributed by atoms with E-state index in [2.05, 4.69) is 10.3 Å². The number of rotatable bonds is 4. The zero-order valence-corrected chi connectivity index (χ0v) is 15.2. The van der Waals surface area contributed by atoms with Crippen LogP contribution in [0.4, 0.5) is 5.69 Å². The molecule has 27 heavy (non-hydrogen) atoms. The van der Waals surface area contributed by atoms with Crippen molar-refractivity contribution in [3.8, 4) is 17.2 Å². The minimum Gasteiger partial charge on any atom is -0.496 e. The summed E-state index contributed by atoms with van der Waals surface area (Å²) in [5, 5.41) is 3.47. The van der Waals surface area contributed by atoms with Crippen LogP contribution in [-0.4, -0.2) is 18.0 Å². The van der Waals surface area contributed by atoms with Crippen LogP contribution in [0.3, 0.4) is 0 Å². The van der Waals surface area contributed by atoms with E-state index in [0.29, 0.717) is 39.0 Å². The van der Waals surface area contributed by atoms with Crippen molar-refractivity contribution in [1.29, 1.82) is 0 Å². The molecule has 0 atom stereocenters. The Morgan fingerprint density at radius 2 is 1.93 bits per heavy atom. The van der Waals surface area contributed by atoms with Gasteiger partial charge in [-0.15, -0.1) is 0 Å². The van der Waals surface area contributed by atoms with Gasteiger partial charge in [0.2, 0.25) is 5.89 Å². The van der Waals surface area contributed by atoms with Gasteiger partial charge < -0.3 is 14.5 Å². The zero-order valence-electron chi connectivity index (χ0n) is 14.4. The summed E-state index contributed by atoms with van der Waals surface area (Å²) in [7, 11) is 1.53. The molecule has 1 aromatic heterocycles. The molecule has 6 heteroatoms. The zero-order chi connectivity index (χ0) is 18.8. The van der Waals surface area contributed by atoms with E-state index < -0.39 is 0 Å². The average molecular weight is 379 g/mol. The molecule has 0 fully saturated rings. The predicted octanol–water partition coefficient (Wildman–Crippen LogP) is 5.41. The third-order valence-corrected chi connectivity index (χ3v) is 4.30. The number of oxazole rings is 1. The highest BCUT2D eigenvalue weighted by molar-refractivity contribution is 6.30. The first-order valence-corrected chi connectivity index (χ1v) is 8.63. The van der Waals surface area contributed by atoms with E-state index in [4.69, 9.17) is 20.8 Å². The quantitative estimate of drug-likeness (QED) is 0.515. The van der Waals surface area contributed by atoms with Crippen LogP contribution < -0.4 is 10.1 Å². The molecule has 0 aliphatic heterocycles. The lowest BCUT2D eigenvalue weighted by Crippen LogP contribution is -2.12. The molecular formula is C21H15ClN2O3. The number of halogens is 1. The second-order valence-electron chi connectivity index (χ2n) is 5.87. The van der Waals surface area contributed by atoms with Crippen LogP contribution in [0.1, 0.15) is 10.4 Å². The van der Waals surface area contributed by atoms with Gasteiger partial charge in [-0.25, -0.2) is 4.98 Å². The van der Waals surface area contributed by atoms with E-state index in [1.165, 1.54) is 7.11 Å². The first kappa shape index (κ1) is 17.1. The fourth-order valence-corrected chi connectivity index (χ4v) is 2.97. The SMILES string of the molecule is COc1ccccc1C(=O)Nc1ccc2nc(-c3cccc(Cl)c3)oc2c1. The Morgan fingerprint density at radius 3 is 2.74 bits per heavy atom. The number of methoxy groups -OCH3 is 1. The third-order valence-electron chi connectivity index (χ3n) is 4.07. The molecule has 1 amide bonds. The van der Waals surface area contributed by atoms with E-state index in [0.717, 1.165) is 5.56 Å². The maximum Gasteiger partial charge on any atom is 0.259 e. The highest BCUT2D eigenvalue weighted by atomic mass is 35.5. The first-order valence-electron chi connectivity index (χ1n) is 8.25. The van der Waals surface area contributed by atoms with E-state index >= 15 is 0 Å². The monoisotopic (exact) mass is 378 g/mol. The van der Waals surface area contributed by atoms with Gasteiger partial charge in [0.05, 0.1) is 12.7 Å². The number of anilines is 1. The van der Waals surface area contributed by atoms with Crippen molar-refractivity contribution >= 4 is 34.3 Å². The number of hydrogen-bond acceptors (Lipinski definition) is 4. The van der Waals surface area contributed by atoms with E-state index in [-0.39, 0.29) is 5.91 Å². The lowest BCUT2D eigenvalue weighted by molar-refractivity contribution is 0.102. The van der Waals surface area contributed by atoms with Crippen molar-refractivity contribution in [3.05, 3.63) is 77.3 Å². The molecule has 0 saturated carbocycles. The van der Waals surface area contributed by atoms with Gasteiger partial charge in [-0.05, 0) is 42.5 Å². The van der Waals surface area contributed by atoms with Crippen molar-refractivity contribution in [1.82, 2.24) is 4.98 Å². The first-order chi connectivity index (χ1) is 13.1. The Hall–Kier alpha value is -3.31. The van der Waals surface area contributed by atoms with Gasteiger partial charge in [0.25, 0.3) is 5.91 Å². The van der Waals surface area contributed by atoms with Gasteiger partial charge in [-0.2, -0.15) is 0 Å². The van der Waals surface area contributed by atoms with Crippen LogP contribution in [0.5, 0.6) is 5.75 Å². The number of nitrogens with one attached hydrogen (secondary N) is 1. The molecule has 0 aliphatic rings. The predicted molar refractivity (Wildman–Crippen MR) is 105 cm³/mol. The van der Waals surface area contributed by atoms with Crippen LogP contribution >= 0.6 is 11.6 Å². The van der Waals surface area contributed by atoms with Crippen molar-refractivity contribution in [2.24, 2.45) is 0 Å². The molecule has 0 spiro atoms. The van der Waals surface area contributed by atoms with Crippen LogP contribution in [0.15, 0.2) is 71.1 Å². The number of carbonyl (C=O) groups is 1. The average Bonchev–Trinajstić information content (AvgIpc) is 3.11. The summed E-state index contributed by atoms with van der Waals surface area (Å²) < 4.78 is 11.1. The molecule has 0 radical (unpaired) electrons. The maximum absolute atomic E-state index is 12.5. The molecular weight excluding hydrogens is 364 g/mol. The van der Waals surface area contributed by atoms with Gasteiger partial charge in [0, 0.05) is 22.3 Å². The molecule has 1 N–H and O–H groups in total. The molecule has 0 unspecified atom stereocenters. The molecule has 1 heterocycles. The normalized spacial score (nSPS) is 10.7. The number of para-hydroxylation sites is 1. The standard InChI is InChI=1S/C21H15ClN2O3/c1-26-18-8-3-2-7-16(18)20(25)23-15-9-10-17-19(12-15)27-21(24-17)13-5-4-6-14(22)11-13/h2-12H,1H3,(H,23,25). The Kier molecular flexibility index (Phi) is 4.52. The molecule has 134 valence electrons. The summed E-state index contributed by atoms with van der Waals surface area (Å²) in [5.41, 5.74) is 3.12. The maximum atomic E-state index is 12.5. The van der Waals surface area contributed by atoms with Gasteiger partial charge in [-0.1, -0.05) is 29.8 Å². The van der Waals surface area contributed by atoms with Crippen LogP contribution in [-0.2, 0) is 0 Å². The van der Waals surface area contributed by atoms with E-state index in [1.54, 1.807) is 48.5 Å². The van der Waals surface area contributed by atoms with Crippen LogP contribution in [0.25, 0.3) is 22.6 Å². The molecule has 5 nitrogen and oxygen atoms in total. The number of hydrogen-bond donors (Lipinski definition) is 1. The van der Waals surface area contributed by atoms with Crippen molar-refractivity contribution in [2.45, 2.75) is 0 Å². The molecule has 3 aromatic carbocycles. The van der Waals surface area contributed by atoms with Crippen molar-refractivity contribution < 1.29 is 13.9 Å². The molecule has 4 aromatic rings. The smallest absolute Gasteiger partial charge is 0.259 e. The summed E-state index contributed by atoms with van der Waals surface area (Å²) in [6.07, 6.45) is 0. The Morgan fingerprint density at radius 1 is 1.07 bits per heavy atom. The number of aromatic nitrogens is 1. The van der Waals surface area contributed by atoms with Crippen molar-refractivity contribution in [3.63, 3.8) is 0 Å². The minimum absolute atomic E-state index is 0.263. The second-order valence-corrected chi connectivity index (χ2v) is 6.30. The summed E-state index contributed by atoms with van der Waals surface area (Å²) in [4.78, 5) is 17.0. The summed E-state index contributed by atoms with van der Waals surface area (Å²) >= 11 is 6.03. The number of ether oxygens (including phenoxy) is 1. The van der Waals surface area contributed by atoms with Gasteiger partial charge in [0.1, 0.15) is 11.3 Å².